The first-order valence-electron chi connectivity index (χ1n) is 9.24. The van der Waals surface area contributed by atoms with Gasteiger partial charge in [0.2, 0.25) is 5.91 Å². The number of ether oxygens (including phenoxy) is 1. The normalized spacial score (nSPS) is 11.6. The fourth-order valence-electron chi connectivity index (χ4n) is 2.43. The second kappa shape index (κ2) is 9.25. The van der Waals surface area contributed by atoms with Crippen LogP contribution in [0.15, 0.2) is 47.4 Å². The third-order valence-electron chi connectivity index (χ3n) is 3.86. The standard InChI is InChI=1S/C21H25FN2O5S/c1-14-5-8-16(9-6-14)30(27,28)12-11-19(25)23-15-7-10-17(22)18(13-15)24-20(26)29-21(2,3)4/h5-10,13H,11-12H2,1-4H3,(H,23,25)(H,24,26). The van der Waals surface area contributed by atoms with E-state index < -0.39 is 33.3 Å². The lowest BCUT2D eigenvalue weighted by Crippen LogP contribution is -2.27. The van der Waals surface area contributed by atoms with Crippen molar-refractivity contribution in [3.8, 4) is 0 Å². The Morgan fingerprint density at radius 2 is 1.67 bits per heavy atom. The maximum Gasteiger partial charge on any atom is 0.412 e. The first-order valence-corrected chi connectivity index (χ1v) is 10.9. The minimum Gasteiger partial charge on any atom is -0.444 e. The van der Waals surface area contributed by atoms with Crippen molar-refractivity contribution < 1.29 is 27.1 Å². The molecule has 30 heavy (non-hydrogen) atoms. The smallest absolute Gasteiger partial charge is 0.412 e. The van der Waals surface area contributed by atoms with Crippen LogP contribution in [0.3, 0.4) is 0 Å². The number of rotatable bonds is 6. The number of anilines is 2. The van der Waals surface area contributed by atoms with E-state index in [4.69, 9.17) is 4.74 Å². The van der Waals surface area contributed by atoms with Gasteiger partial charge in [0.1, 0.15) is 11.4 Å². The highest BCUT2D eigenvalue weighted by molar-refractivity contribution is 7.91. The minimum absolute atomic E-state index is 0.145. The van der Waals surface area contributed by atoms with Gasteiger partial charge in [0.25, 0.3) is 0 Å². The number of halogens is 1. The third kappa shape index (κ3) is 7.14. The van der Waals surface area contributed by atoms with E-state index in [9.17, 15) is 22.4 Å². The van der Waals surface area contributed by atoms with Crippen LogP contribution in [0.25, 0.3) is 0 Å². The second-order valence-electron chi connectivity index (χ2n) is 7.75. The Kier molecular flexibility index (Phi) is 7.20. The Labute approximate surface area is 175 Å². The highest BCUT2D eigenvalue weighted by atomic mass is 32.2. The van der Waals surface area contributed by atoms with Crippen LogP contribution >= 0.6 is 0 Å². The fraction of sp³-hybridized carbons (Fsp3) is 0.333. The molecule has 2 aromatic rings. The molecule has 0 saturated carbocycles. The summed E-state index contributed by atoms with van der Waals surface area (Å²) in [5.74, 6) is -1.63. The van der Waals surface area contributed by atoms with Crippen molar-refractivity contribution in [1.82, 2.24) is 0 Å². The van der Waals surface area contributed by atoms with E-state index in [1.54, 1.807) is 32.9 Å². The number of benzene rings is 2. The molecule has 0 unspecified atom stereocenters. The zero-order valence-corrected chi connectivity index (χ0v) is 18.1. The Morgan fingerprint density at radius 1 is 1.03 bits per heavy atom. The van der Waals surface area contributed by atoms with Crippen LogP contribution in [0.5, 0.6) is 0 Å². The number of hydrogen-bond acceptors (Lipinski definition) is 5. The van der Waals surface area contributed by atoms with E-state index in [-0.39, 0.29) is 28.4 Å². The lowest BCUT2D eigenvalue weighted by atomic mass is 10.2. The van der Waals surface area contributed by atoms with Gasteiger partial charge in [-0.1, -0.05) is 17.7 Å². The third-order valence-corrected chi connectivity index (χ3v) is 5.60. The van der Waals surface area contributed by atoms with E-state index in [0.29, 0.717) is 0 Å². The van der Waals surface area contributed by atoms with Gasteiger partial charge in [-0.25, -0.2) is 17.6 Å². The van der Waals surface area contributed by atoms with Gasteiger partial charge in [0, 0.05) is 12.1 Å². The van der Waals surface area contributed by atoms with Crippen LogP contribution in [-0.4, -0.2) is 31.8 Å². The average molecular weight is 437 g/mol. The summed E-state index contributed by atoms with van der Waals surface area (Å²) < 4.78 is 43.7. The van der Waals surface area contributed by atoms with Gasteiger partial charge in [-0.05, 0) is 58.0 Å². The number of amides is 2. The van der Waals surface area contributed by atoms with E-state index in [1.807, 2.05) is 6.92 Å². The lowest BCUT2D eigenvalue weighted by Gasteiger charge is -2.20. The van der Waals surface area contributed by atoms with Crippen molar-refractivity contribution in [2.45, 2.75) is 44.6 Å². The highest BCUT2D eigenvalue weighted by Crippen LogP contribution is 2.21. The summed E-state index contributed by atoms with van der Waals surface area (Å²) in [6.45, 7) is 6.86. The lowest BCUT2D eigenvalue weighted by molar-refractivity contribution is -0.115. The molecule has 0 radical (unpaired) electrons. The topological polar surface area (TPSA) is 102 Å². The zero-order valence-electron chi connectivity index (χ0n) is 17.3. The van der Waals surface area contributed by atoms with Crippen molar-refractivity contribution in [3.63, 3.8) is 0 Å². The summed E-state index contributed by atoms with van der Waals surface area (Å²) in [4.78, 5) is 24.1. The van der Waals surface area contributed by atoms with Gasteiger partial charge in [-0.15, -0.1) is 0 Å². The van der Waals surface area contributed by atoms with E-state index in [2.05, 4.69) is 10.6 Å². The molecular weight excluding hydrogens is 411 g/mol. The minimum atomic E-state index is -3.61. The molecule has 0 saturated heterocycles. The van der Waals surface area contributed by atoms with Crippen LogP contribution in [0.2, 0.25) is 0 Å². The van der Waals surface area contributed by atoms with E-state index >= 15 is 0 Å². The number of aryl methyl sites for hydroxylation is 1. The van der Waals surface area contributed by atoms with Gasteiger partial charge in [0.15, 0.2) is 9.84 Å². The highest BCUT2D eigenvalue weighted by Gasteiger charge is 2.19. The van der Waals surface area contributed by atoms with Crippen LogP contribution in [0, 0.1) is 12.7 Å². The molecule has 0 aliphatic rings. The molecule has 7 nitrogen and oxygen atoms in total. The number of carbonyl (C=O) groups excluding carboxylic acids is 2. The molecule has 0 aliphatic heterocycles. The average Bonchev–Trinajstić information content (AvgIpc) is 2.62. The zero-order chi connectivity index (χ0) is 22.5. The maximum atomic E-state index is 14.0. The number of sulfone groups is 1. The SMILES string of the molecule is Cc1ccc(S(=O)(=O)CCC(=O)Nc2ccc(F)c(NC(=O)OC(C)(C)C)c2)cc1. The molecule has 2 amide bonds. The second-order valence-corrected chi connectivity index (χ2v) is 9.86. The van der Waals surface area contributed by atoms with Crippen LogP contribution in [-0.2, 0) is 19.4 Å². The van der Waals surface area contributed by atoms with Gasteiger partial charge < -0.3 is 10.1 Å². The van der Waals surface area contributed by atoms with Crippen molar-refractivity contribution in [3.05, 3.63) is 53.8 Å². The van der Waals surface area contributed by atoms with Gasteiger partial charge >= 0.3 is 6.09 Å². The summed E-state index contributed by atoms with van der Waals surface area (Å²) in [5.41, 5.74) is 0.211. The van der Waals surface area contributed by atoms with Crippen LogP contribution in [0.1, 0.15) is 32.8 Å². The number of carbonyl (C=O) groups is 2. The monoisotopic (exact) mass is 436 g/mol. The first kappa shape index (κ1) is 23.3. The molecule has 2 aromatic carbocycles. The van der Waals surface area contributed by atoms with Crippen molar-refractivity contribution in [1.29, 1.82) is 0 Å². The predicted molar refractivity (Wildman–Crippen MR) is 113 cm³/mol. The Morgan fingerprint density at radius 3 is 2.27 bits per heavy atom. The molecule has 0 heterocycles. The number of hydrogen-bond donors (Lipinski definition) is 2. The Hall–Kier alpha value is -2.94. The molecule has 0 aromatic heterocycles. The summed E-state index contributed by atoms with van der Waals surface area (Å²) in [6, 6.07) is 9.97. The fourth-order valence-corrected chi connectivity index (χ4v) is 3.67. The summed E-state index contributed by atoms with van der Waals surface area (Å²) >= 11 is 0. The summed E-state index contributed by atoms with van der Waals surface area (Å²) in [7, 11) is -3.61. The molecule has 9 heteroatoms. The summed E-state index contributed by atoms with van der Waals surface area (Å²) in [6.07, 6.45) is -1.11. The van der Waals surface area contributed by atoms with E-state index in [0.717, 1.165) is 11.6 Å². The molecule has 162 valence electrons. The van der Waals surface area contributed by atoms with E-state index in [1.165, 1.54) is 24.3 Å². The number of nitrogens with one attached hydrogen (secondary N) is 2. The quantitative estimate of drug-likeness (QED) is 0.704. The van der Waals surface area contributed by atoms with Crippen molar-refractivity contribution in [2.24, 2.45) is 0 Å². The van der Waals surface area contributed by atoms with Gasteiger partial charge in [-0.2, -0.15) is 0 Å². The predicted octanol–water partition coefficient (Wildman–Crippen LogP) is 4.28. The molecule has 0 spiro atoms. The Balaban J connectivity index is 1.99. The van der Waals surface area contributed by atoms with Gasteiger partial charge in [0.05, 0.1) is 16.3 Å². The summed E-state index contributed by atoms with van der Waals surface area (Å²) in [5, 5.41) is 4.78. The molecule has 2 rings (SSSR count). The molecule has 0 bridgehead atoms. The molecule has 0 fully saturated rings. The van der Waals surface area contributed by atoms with Crippen LogP contribution in [0.4, 0.5) is 20.6 Å². The molecular formula is C21H25FN2O5S. The van der Waals surface area contributed by atoms with Gasteiger partial charge in [-0.3, -0.25) is 10.1 Å². The van der Waals surface area contributed by atoms with Crippen molar-refractivity contribution in [2.75, 3.05) is 16.4 Å². The van der Waals surface area contributed by atoms with Crippen molar-refractivity contribution >= 4 is 33.2 Å². The molecule has 0 aliphatic carbocycles. The maximum absolute atomic E-state index is 14.0. The Bertz CT molecular complexity index is 1030. The largest absolute Gasteiger partial charge is 0.444 e. The van der Waals surface area contributed by atoms with Crippen LogP contribution < -0.4 is 10.6 Å². The first-order chi connectivity index (χ1) is 13.9. The molecule has 0 atom stereocenters. The molecule has 2 N–H and O–H groups in total.